The molecule has 2 aromatic rings. The first-order valence-corrected chi connectivity index (χ1v) is 10.0. The van der Waals surface area contributed by atoms with Crippen LogP contribution in [0.1, 0.15) is 100 Å². The summed E-state index contributed by atoms with van der Waals surface area (Å²) in [5, 5.41) is 0. The van der Waals surface area contributed by atoms with Crippen LogP contribution >= 0.6 is 0 Å². The van der Waals surface area contributed by atoms with Gasteiger partial charge in [0.1, 0.15) is 11.6 Å². The van der Waals surface area contributed by atoms with E-state index in [1.54, 1.807) is 26.0 Å². The van der Waals surface area contributed by atoms with Crippen LogP contribution in [0.2, 0.25) is 0 Å². The Morgan fingerprint density at radius 1 is 0.643 bits per heavy atom. The Morgan fingerprint density at radius 3 is 1.61 bits per heavy atom. The average molecular weight is 394 g/mol. The first-order chi connectivity index (χ1) is 13.0. The van der Waals surface area contributed by atoms with Gasteiger partial charge in [-0.05, 0) is 65.3 Å². The minimum atomic E-state index is -0.787. The van der Waals surface area contributed by atoms with E-state index in [0.717, 1.165) is 0 Å². The molecule has 0 spiro atoms. The van der Waals surface area contributed by atoms with Gasteiger partial charge in [-0.2, -0.15) is 0 Å². The van der Waals surface area contributed by atoms with Gasteiger partial charge < -0.3 is 0 Å². The van der Waals surface area contributed by atoms with E-state index < -0.39 is 23.3 Å². The molecule has 0 aliphatic carbocycles. The second-order valence-corrected chi connectivity index (χ2v) is 8.46. The molecule has 154 valence electrons. The Kier molecular flexibility index (Phi) is 7.30. The fourth-order valence-corrected chi connectivity index (χ4v) is 3.67. The summed E-state index contributed by atoms with van der Waals surface area (Å²) in [6, 6.07) is 6.09. The molecule has 0 heterocycles. The molecule has 0 amide bonds. The maximum absolute atomic E-state index is 14.5. The Balaban J connectivity index is 2.13. The van der Waals surface area contributed by atoms with Crippen molar-refractivity contribution in [1.29, 1.82) is 0 Å². The number of halogens is 4. The first-order valence-electron chi connectivity index (χ1n) is 10.0. The summed E-state index contributed by atoms with van der Waals surface area (Å²) in [6.45, 7) is 10.9. The molecule has 0 bridgehead atoms. The largest absolute Gasteiger partial charge is 0.207 e. The van der Waals surface area contributed by atoms with Crippen molar-refractivity contribution in [2.75, 3.05) is 0 Å². The van der Waals surface area contributed by atoms with E-state index in [1.807, 2.05) is 27.7 Å². The van der Waals surface area contributed by atoms with Crippen molar-refractivity contribution >= 4 is 0 Å². The van der Waals surface area contributed by atoms with E-state index in [1.165, 1.54) is 12.1 Å². The molecule has 0 saturated heterocycles. The van der Waals surface area contributed by atoms with Crippen LogP contribution in [0.4, 0.5) is 17.6 Å². The number of hydrogen-bond donors (Lipinski definition) is 0. The van der Waals surface area contributed by atoms with Crippen molar-refractivity contribution < 1.29 is 17.6 Å². The average Bonchev–Trinajstić information content (AvgIpc) is 2.60. The Bertz CT molecular complexity index is 801. The summed E-state index contributed by atoms with van der Waals surface area (Å²) in [5.41, 5.74) is 1.42. The normalized spacial score (nSPS) is 14.0. The van der Waals surface area contributed by atoms with Crippen molar-refractivity contribution in [3.05, 3.63) is 69.8 Å². The van der Waals surface area contributed by atoms with Gasteiger partial charge in [0.05, 0.1) is 0 Å². The minimum Gasteiger partial charge on any atom is -0.207 e. The lowest BCUT2D eigenvalue weighted by Crippen LogP contribution is -2.06. The quantitative estimate of drug-likeness (QED) is 0.415. The lowest BCUT2D eigenvalue weighted by molar-refractivity contribution is 0.468. The molecule has 2 atom stereocenters. The van der Waals surface area contributed by atoms with Crippen LogP contribution in [0.15, 0.2) is 24.3 Å². The van der Waals surface area contributed by atoms with E-state index in [0.29, 0.717) is 29.5 Å². The zero-order chi connectivity index (χ0) is 21.2. The highest BCUT2D eigenvalue weighted by Crippen LogP contribution is 2.33. The second-order valence-electron chi connectivity index (χ2n) is 8.46. The summed E-state index contributed by atoms with van der Waals surface area (Å²) in [6.07, 6.45) is 1.21. The molecular weight excluding hydrogens is 364 g/mol. The smallest absolute Gasteiger partial charge is 0.162 e. The number of rotatable bonds is 7. The molecular formula is C24H30F4. The van der Waals surface area contributed by atoms with Crippen molar-refractivity contribution in [3.63, 3.8) is 0 Å². The highest BCUT2D eigenvalue weighted by Gasteiger charge is 2.21. The van der Waals surface area contributed by atoms with Gasteiger partial charge in [-0.15, -0.1) is 0 Å². The summed E-state index contributed by atoms with van der Waals surface area (Å²) in [4.78, 5) is 0. The molecule has 0 saturated carbocycles. The van der Waals surface area contributed by atoms with Crippen LogP contribution in [-0.4, -0.2) is 0 Å². The zero-order valence-corrected chi connectivity index (χ0v) is 17.5. The van der Waals surface area contributed by atoms with Gasteiger partial charge in [-0.1, -0.05) is 53.7 Å². The maximum atomic E-state index is 14.5. The molecule has 4 heteroatoms. The SMILES string of the molecule is CC(C)c1ccc(C(C)CCC(C)c2cc(F)c(C(C)C)c(F)c2)c(F)c1F. The van der Waals surface area contributed by atoms with Gasteiger partial charge in [-0.3, -0.25) is 0 Å². The molecule has 0 radical (unpaired) electrons. The van der Waals surface area contributed by atoms with Crippen LogP contribution in [0.3, 0.4) is 0 Å². The Labute approximate surface area is 166 Å². The van der Waals surface area contributed by atoms with Crippen LogP contribution in [0.5, 0.6) is 0 Å². The molecule has 2 rings (SSSR count). The van der Waals surface area contributed by atoms with Gasteiger partial charge in [0.15, 0.2) is 11.6 Å². The summed E-state index contributed by atoms with van der Waals surface area (Å²) in [5.74, 6) is -3.21. The standard InChI is InChI=1S/C24H30F4/c1-13(2)18-9-10-19(24(28)23(18)27)16(6)8-7-15(5)17-11-20(25)22(14(3)4)21(26)12-17/h9-16H,7-8H2,1-6H3. The van der Waals surface area contributed by atoms with Gasteiger partial charge in [0, 0.05) is 5.56 Å². The predicted molar refractivity (Wildman–Crippen MR) is 107 cm³/mol. The summed E-state index contributed by atoms with van der Waals surface area (Å²) < 4.78 is 57.3. The molecule has 0 aliphatic rings. The van der Waals surface area contributed by atoms with Crippen molar-refractivity contribution in [3.8, 4) is 0 Å². The van der Waals surface area contributed by atoms with Crippen LogP contribution < -0.4 is 0 Å². The second kappa shape index (κ2) is 9.11. The minimum absolute atomic E-state index is 0.0857. The van der Waals surface area contributed by atoms with E-state index in [-0.39, 0.29) is 29.2 Å². The Morgan fingerprint density at radius 2 is 1.11 bits per heavy atom. The molecule has 28 heavy (non-hydrogen) atoms. The van der Waals surface area contributed by atoms with Gasteiger partial charge in [0.2, 0.25) is 0 Å². The third-order valence-electron chi connectivity index (χ3n) is 5.58. The van der Waals surface area contributed by atoms with Crippen LogP contribution in [-0.2, 0) is 0 Å². The van der Waals surface area contributed by atoms with Crippen molar-refractivity contribution in [2.45, 2.75) is 78.1 Å². The van der Waals surface area contributed by atoms with Gasteiger partial charge in [-0.25, -0.2) is 17.6 Å². The lowest BCUT2D eigenvalue weighted by atomic mass is 9.87. The van der Waals surface area contributed by atoms with Crippen molar-refractivity contribution in [1.82, 2.24) is 0 Å². The molecule has 2 unspecified atom stereocenters. The lowest BCUT2D eigenvalue weighted by Gasteiger charge is -2.19. The van der Waals surface area contributed by atoms with Gasteiger partial charge in [0.25, 0.3) is 0 Å². The molecule has 0 nitrogen and oxygen atoms in total. The van der Waals surface area contributed by atoms with Crippen LogP contribution in [0, 0.1) is 23.3 Å². The number of hydrogen-bond acceptors (Lipinski definition) is 0. The topological polar surface area (TPSA) is 0 Å². The molecule has 0 fully saturated rings. The first kappa shape index (κ1) is 22.4. The fraction of sp³-hybridized carbons (Fsp3) is 0.500. The molecule has 2 aromatic carbocycles. The third kappa shape index (κ3) is 4.76. The molecule has 0 N–H and O–H groups in total. The fourth-order valence-electron chi connectivity index (χ4n) is 3.67. The highest BCUT2D eigenvalue weighted by atomic mass is 19.2. The van der Waals surface area contributed by atoms with Crippen LogP contribution in [0.25, 0.3) is 0 Å². The zero-order valence-electron chi connectivity index (χ0n) is 17.5. The molecule has 0 aliphatic heterocycles. The predicted octanol–water partition coefficient (Wildman–Crippen LogP) is 8.18. The molecule has 0 aromatic heterocycles. The summed E-state index contributed by atoms with van der Waals surface area (Å²) >= 11 is 0. The monoisotopic (exact) mass is 394 g/mol. The highest BCUT2D eigenvalue weighted by molar-refractivity contribution is 5.32. The van der Waals surface area contributed by atoms with E-state index >= 15 is 0 Å². The van der Waals surface area contributed by atoms with E-state index in [9.17, 15) is 17.6 Å². The van der Waals surface area contributed by atoms with E-state index in [4.69, 9.17) is 0 Å². The van der Waals surface area contributed by atoms with Crippen molar-refractivity contribution in [2.24, 2.45) is 0 Å². The third-order valence-corrected chi connectivity index (χ3v) is 5.58. The van der Waals surface area contributed by atoms with Gasteiger partial charge >= 0.3 is 0 Å². The summed E-state index contributed by atoms with van der Waals surface area (Å²) in [7, 11) is 0. The maximum Gasteiger partial charge on any atom is 0.162 e. The Hall–Kier alpha value is -1.84. The number of benzene rings is 2. The van der Waals surface area contributed by atoms with E-state index in [2.05, 4.69) is 0 Å².